The van der Waals surface area contributed by atoms with Gasteiger partial charge in [-0.05, 0) is 98.8 Å². The van der Waals surface area contributed by atoms with E-state index in [9.17, 15) is 0 Å². The average molecular weight is 829 g/mol. The van der Waals surface area contributed by atoms with Crippen LogP contribution in [0.3, 0.4) is 0 Å². The van der Waals surface area contributed by atoms with Gasteiger partial charge in [0.25, 0.3) is 0 Å². The third-order valence-corrected chi connectivity index (χ3v) is 14.2. The number of fused-ring (bicyclic) bond motifs is 11. The fourth-order valence-electron chi connectivity index (χ4n) is 11.6. The van der Waals surface area contributed by atoms with E-state index in [0.29, 0.717) is 0 Å². The predicted octanol–water partition coefficient (Wildman–Crippen LogP) is 16.2. The summed E-state index contributed by atoms with van der Waals surface area (Å²) in [5.74, 6) is 0.265. The Morgan fingerprint density at radius 2 is 1.00 bits per heavy atom. The zero-order valence-electron chi connectivity index (χ0n) is 35.9. The van der Waals surface area contributed by atoms with E-state index in [2.05, 4.69) is 258 Å². The van der Waals surface area contributed by atoms with Gasteiger partial charge in [-0.3, -0.25) is 0 Å². The number of benzene rings is 9. The van der Waals surface area contributed by atoms with E-state index in [0.717, 1.165) is 17.8 Å². The van der Waals surface area contributed by atoms with E-state index in [1.54, 1.807) is 0 Å². The number of nitrogens with zero attached hydrogens (tertiary/aromatic N) is 2. The minimum atomic E-state index is -0.429. The minimum Gasteiger partial charge on any atom is -0.311 e. The molecule has 0 radical (unpaired) electrons. The molecule has 2 aromatic heterocycles. The normalized spacial score (nSPS) is 15.2. The topological polar surface area (TPSA) is 7.65 Å². The van der Waals surface area contributed by atoms with Gasteiger partial charge in [-0.15, -0.1) is 0 Å². The molecular weight excluding hydrogens is 785 g/mol. The third-order valence-electron chi connectivity index (χ3n) is 14.2. The van der Waals surface area contributed by atoms with Crippen LogP contribution in [0.1, 0.15) is 34.6 Å². The Morgan fingerprint density at radius 3 is 1.71 bits per heavy atom. The van der Waals surface area contributed by atoms with E-state index < -0.39 is 5.41 Å². The van der Waals surface area contributed by atoms with Crippen molar-refractivity contribution in [2.45, 2.75) is 17.8 Å². The summed E-state index contributed by atoms with van der Waals surface area (Å²) in [6, 6.07) is 87.2. The van der Waals surface area contributed by atoms with Crippen LogP contribution in [-0.4, -0.2) is 4.40 Å². The third kappa shape index (κ3) is 5.60. The first-order valence-electron chi connectivity index (χ1n) is 22.8. The lowest BCUT2D eigenvalue weighted by atomic mass is 9.66. The van der Waals surface area contributed by atoms with Crippen molar-refractivity contribution in [2.24, 2.45) is 0 Å². The number of para-hydroxylation sites is 3. The average Bonchev–Trinajstić information content (AvgIpc) is 3.89. The van der Waals surface area contributed by atoms with E-state index in [-0.39, 0.29) is 5.92 Å². The smallest absolute Gasteiger partial charge is 0.0674 e. The van der Waals surface area contributed by atoms with Crippen molar-refractivity contribution in [2.75, 3.05) is 4.90 Å². The molecule has 0 saturated carbocycles. The number of aromatic nitrogens is 1. The van der Waals surface area contributed by atoms with E-state index >= 15 is 0 Å². The van der Waals surface area contributed by atoms with Gasteiger partial charge in [-0.25, -0.2) is 0 Å². The van der Waals surface area contributed by atoms with Gasteiger partial charge in [-0.2, -0.15) is 0 Å². The first-order valence-corrected chi connectivity index (χ1v) is 22.8. The standard InChI is InChI=1S/C63H44N2/c1-5-20-44(21-6-1)60-55-30-15-18-35-59(55)65-58-34-17-14-29-53(58)54-32-19-31-50(61(54)62(60)65)43-36-38-48(39-37-43)64(47-26-11-4-12-27-47)49-40-41-52-51-28-13-16-33-56(51)63(57(52)42-49,45-22-7-2-8-23-45)46-24-9-3-10-25-46/h1-40,42,52H,41H2/t52-/m1/s1. The molecule has 2 aliphatic carbocycles. The van der Waals surface area contributed by atoms with Gasteiger partial charge in [-0.1, -0.05) is 206 Å². The van der Waals surface area contributed by atoms with Crippen LogP contribution >= 0.6 is 0 Å². The van der Waals surface area contributed by atoms with Crippen LogP contribution in [0.2, 0.25) is 0 Å². The molecule has 2 aliphatic rings. The highest BCUT2D eigenvalue weighted by molar-refractivity contribution is 6.25. The van der Waals surface area contributed by atoms with Gasteiger partial charge in [0.05, 0.1) is 22.0 Å². The van der Waals surface area contributed by atoms with Gasteiger partial charge in [0.2, 0.25) is 0 Å². The zero-order valence-corrected chi connectivity index (χ0v) is 35.9. The fourth-order valence-corrected chi connectivity index (χ4v) is 11.6. The van der Waals surface area contributed by atoms with Crippen LogP contribution in [0.15, 0.2) is 260 Å². The van der Waals surface area contributed by atoms with Crippen molar-refractivity contribution in [1.82, 2.24) is 4.40 Å². The minimum absolute atomic E-state index is 0.265. The van der Waals surface area contributed by atoms with Crippen molar-refractivity contribution in [1.29, 1.82) is 0 Å². The number of pyridine rings is 1. The van der Waals surface area contributed by atoms with Crippen molar-refractivity contribution in [3.63, 3.8) is 0 Å². The number of anilines is 2. The summed E-state index contributed by atoms with van der Waals surface area (Å²) in [7, 11) is 0. The summed E-state index contributed by atoms with van der Waals surface area (Å²) >= 11 is 0. The molecule has 0 N–H and O–H groups in total. The molecule has 0 saturated heterocycles. The van der Waals surface area contributed by atoms with Crippen LogP contribution in [0, 0.1) is 0 Å². The van der Waals surface area contributed by atoms with Crippen molar-refractivity contribution < 1.29 is 0 Å². The quantitative estimate of drug-likeness (QED) is 0.145. The molecule has 65 heavy (non-hydrogen) atoms. The molecule has 0 fully saturated rings. The Kier molecular flexibility index (Phi) is 8.60. The molecule has 0 aliphatic heterocycles. The summed E-state index contributed by atoms with van der Waals surface area (Å²) < 4.78 is 2.51. The van der Waals surface area contributed by atoms with E-state index in [1.165, 1.54) is 93.9 Å². The number of allylic oxidation sites excluding steroid dienone is 3. The van der Waals surface area contributed by atoms with Crippen LogP contribution in [0.5, 0.6) is 0 Å². The SMILES string of the molecule is C1=C(N(c2ccccc2)c2ccc(-c3cccc4c5ccccc5n5c6ccccc6c(-c6ccccc6)c5c34)cc2)C=C2[C@H](C1)c1ccccc1C2(c1ccccc1)c1ccccc1. The Hall–Kier alpha value is -8.20. The van der Waals surface area contributed by atoms with Gasteiger partial charge in [0.15, 0.2) is 0 Å². The lowest BCUT2D eigenvalue weighted by molar-refractivity contribution is 0.688. The number of hydrogen-bond acceptors (Lipinski definition) is 1. The molecule has 13 rings (SSSR count). The van der Waals surface area contributed by atoms with Crippen molar-refractivity contribution in [3.05, 3.63) is 282 Å². The molecule has 0 unspecified atom stereocenters. The Labute approximate surface area is 379 Å². The molecule has 0 amide bonds. The fraction of sp³-hybridized carbons (Fsp3) is 0.0476. The first kappa shape index (κ1) is 37.4. The van der Waals surface area contributed by atoms with Gasteiger partial charge >= 0.3 is 0 Å². The maximum atomic E-state index is 2.52. The van der Waals surface area contributed by atoms with Crippen LogP contribution in [0.25, 0.3) is 60.3 Å². The maximum Gasteiger partial charge on any atom is 0.0674 e. The largest absolute Gasteiger partial charge is 0.311 e. The monoisotopic (exact) mass is 828 g/mol. The lowest BCUT2D eigenvalue weighted by Gasteiger charge is -2.38. The van der Waals surface area contributed by atoms with E-state index in [4.69, 9.17) is 0 Å². The van der Waals surface area contributed by atoms with Gasteiger partial charge < -0.3 is 9.30 Å². The molecule has 2 heteroatoms. The summed E-state index contributed by atoms with van der Waals surface area (Å²) in [5, 5.41) is 5.02. The molecule has 306 valence electrons. The second-order valence-electron chi connectivity index (χ2n) is 17.5. The van der Waals surface area contributed by atoms with E-state index in [1.807, 2.05) is 0 Å². The predicted molar refractivity (Wildman–Crippen MR) is 272 cm³/mol. The van der Waals surface area contributed by atoms with Crippen molar-refractivity contribution in [3.8, 4) is 22.3 Å². The Bertz CT molecular complexity index is 3620. The molecular formula is C63H44N2. The maximum absolute atomic E-state index is 2.52. The van der Waals surface area contributed by atoms with Crippen LogP contribution in [0.4, 0.5) is 11.4 Å². The molecule has 0 spiro atoms. The molecule has 2 nitrogen and oxygen atoms in total. The second kappa shape index (κ2) is 15.0. The number of rotatable bonds is 7. The lowest BCUT2D eigenvalue weighted by Crippen LogP contribution is -2.31. The second-order valence-corrected chi connectivity index (χ2v) is 17.5. The Balaban J connectivity index is 1.01. The molecule has 9 aromatic carbocycles. The molecule has 2 heterocycles. The summed E-state index contributed by atoms with van der Waals surface area (Å²) in [5.41, 5.74) is 18.4. The first-order chi connectivity index (χ1) is 32.3. The molecule has 1 atom stereocenters. The van der Waals surface area contributed by atoms with Crippen LogP contribution in [-0.2, 0) is 5.41 Å². The van der Waals surface area contributed by atoms with Gasteiger partial charge in [0.1, 0.15) is 0 Å². The molecule has 11 aromatic rings. The summed E-state index contributed by atoms with van der Waals surface area (Å²) in [6.07, 6.45) is 5.90. The summed E-state index contributed by atoms with van der Waals surface area (Å²) in [6.45, 7) is 0. The van der Waals surface area contributed by atoms with Crippen LogP contribution < -0.4 is 4.90 Å². The highest BCUT2D eigenvalue weighted by Crippen LogP contribution is 2.60. The zero-order chi connectivity index (χ0) is 42.9. The van der Waals surface area contributed by atoms with Gasteiger partial charge in [0, 0.05) is 44.7 Å². The van der Waals surface area contributed by atoms with Crippen molar-refractivity contribution >= 4 is 49.5 Å². The molecule has 0 bridgehead atoms. The highest BCUT2D eigenvalue weighted by atomic mass is 15.1. The summed E-state index contributed by atoms with van der Waals surface area (Å²) in [4.78, 5) is 2.46. The Morgan fingerprint density at radius 1 is 0.446 bits per heavy atom. The number of hydrogen-bond donors (Lipinski definition) is 0. The highest BCUT2D eigenvalue weighted by Gasteiger charge is 2.51.